The number of ether oxygens (including phenoxy) is 3. The molecular formula is C26H33N3O5. The minimum atomic E-state index is -0.269. The van der Waals surface area contributed by atoms with Crippen molar-refractivity contribution >= 4 is 16.8 Å². The number of aromatic nitrogens is 2. The van der Waals surface area contributed by atoms with Gasteiger partial charge in [-0.15, -0.1) is 0 Å². The normalized spacial score (nSPS) is 15.3. The number of aryl methyl sites for hydroxylation is 1. The summed E-state index contributed by atoms with van der Waals surface area (Å²) in [7, 11) is 3.16. The van der Waals surface area contributed by atoms with Crippen LogP contribution >= 0.6 is 0 Å². The molecule has 34 heavy (non-hydrogen) atoms. The Balaban J connectivity index is 1.72. The van der Waals surface area contributed by atoms with Crippen LogP contribution in [0.5, 0.6) is 11.5 Å². The number of H-pyrrole nitrogens is 1. The molecule has 1 aliphatic rings. The Morgan fingerprint density at radius 2 is 1.94 bits per heavy atom. The van der Waals surface area contributed by atoms with Gasteiger partial charge in [-0.05, 0) is 57.7 Å². The van der Waals surface area contributed by atoms with Crippen molar-refractivity contribution < 1.29 is 19.0 Å². The smallest absolute Gasteiger partial charge is 0.256 e. The van der Waals surface area contributed by atoms with Gasteiger partial charge in [-0.2, -0.15) is 0 Å². The molecular weight excluding hydrogens is 434 g/mol. The average molecular weight is 468 g/mol. The number of nitrogens with zero attached hydrogens (tertiary/aromatic N) is 1. The van der Waals surface area contributed by atoms with Gasteiger partial charge >= 0.3 is 0 Å². The van der Waals surface area contributed by atoms with Crippen LogP contribution in [0.4, 0.5) is 0 Å². The second kappa shape index (κ2) is 9.93. The van der Waals surface area contributed by atoms with Crippen molar-refractivity contribution in [2.24, 2.45) is 5.92 Å². The molecule has 1 aromatic carbocycles. The van der Waals surface area contributed by atoms with Gasteiger partial charge in [-0.1, -0.05) is 0 Å². The third-order valence-electron chi connectivity index (χ3n) is 6.91. The molecule has 3 aromatic rings. The van der Waals surface area contributed by atoms with E-state index in [1.54, 1.807) is 20.1 Å². The third-order valence-corrected chi connectivity index (χ3v) is 6.91. The fourth-order valence-electron chi connectivity index (χ4n) is 5.06. The van der Waals surface area contributed by atoms with Crippen LogP contribution in [0.3, 0.4) is 0 Å². The zero-order valence-electron chi connectivity index (χ0n) is 20.5. The summed E-state index contributed by atoms with van der Waals surface area (Å²) in [6.07, 6.45) is 1.98. The lowest BCUT2D eigenvalue weighted by Gasteiger charge is -2.30. The van der Waals surface area contributed by atoms with E-state index in [-0.39, 0.29) is 24.1 Å². The van der Waals surface area contributed by atoms with Crippen LogP contribution in [0.1, 0.15) is 53.1 Å². The summed E-state index contributed by atoms with van der Waals surface area (Å²) in [5.74, 6) is 1.43. The van der Waals surface area contributed by atoms with Crippen molar-refractivity contribution in [3.05, 3.63) is 57.1 Å². The van der Waals surface area contributed by atoms with E-state index in [9.17, 15) is 9.59 Å². The maximum Gasteiger partial charge on any atom is 0.256 e. The topological polar surface area (TPSA) is 94.6 Å². The zero-order valence-corrected chi connectivity index (χ0v) is 20.5. The average Bonchev–Trinajstić information content (AvgIpc) is 3.13. The predicted molar refractivity (Wildman–Crippen MR) is 131 cm³/mol. The van der Waals surface area contributed by atoms with Crippen molar-refractivity contribution in [3.63, 3.8) is 0 Å². The highest BCUT2D eigenvalue weighted by Gasteiger charge is 2.28. The molecule has 3 heterocycles. The first-order valence-electron chi connectivity index (χ1n) is 11.7. The van der Waals surface area contributed by atoms with Gasteiger partial charge in [0, 0.05) is 42.1 Å². The van der Waals surface area contributed by atoms with Crippen LogP contribution in [0.15, 0.2) is 29.1 Å². The lowest BCUT2D eigenvalue weighted by Crippen LogP contribution is -2.28. The molecule has 2 N–H and O–H groups in total. The monoisotopic (exact) mass is 467 g/mol. The van der Waals surface area contributed by atoms with Gasteiger partial charge in [-0.3, -0.25) is 9.59 Å². The van der Waals surface area contributed by atoms with E-state index in [0.717, 1.165) is 48.4 Å². The molecule has 0 radical (unpaired) electrons. The number of hydrogen-bond acceptors (Lipinski definition) is 5. The van der Waals surface area contributed by atoms with Crippen LogP contribution in [0.25, 0.3) is 10.9 Å². The minimum Gasteiger partial charge on any atom is -0.497 e. The van der Waals surface area contributed by atoms with Crippen molar-refractivity contribution in [3.8, 4) is 11.5 Å². The number of carbonyl (C=O) groups is 1. The highest BCUT2D eigenvalue weighted by molar-refractivity contribution is 6.08. The van der Waals surface area contributed by atoms with E-state index in [0.29, 0.717) is 28.5 Å². The summed E-state index contributed by atoms with van der Waals surface area (Å²) in [6.45, 7) is 7.57. The zero-order chi connectivity index (χ0) is 24.4. The molecule has 0 spiro atoms. The standard InChI is InChI=1S/C26H33N3O5/c1-15-12-23(33-5)21(25(30)28-15)14-27-26(31)24-17(3)29(16(2)18-8-10-34-11-9-18)22-13-19(32-4)6-7-20(22)24/h6-7,12-13,16,18H,8-11,14H2,1-5H3,(H,27,31)(H,28,30)/t16-/m0/s1. The van der Waals surface area contributed by atoms with Crippen molar-refractivity contribution in [2.45, 2.75) is 46.2 Å². The Bertz CT molecular complexity index is 1250. The number of aromatic amines is 1. The summed E-state index contributed by atoms with van der Waals surface area (Å²) in [6, 6.07) is 7.74. The lowest BCUT2D eigenvalue weighted by atomic mass is 9.92. The third kappa shape index (κ3) is 4.42. The number of methoxy groups -OCH3 is 2. The van der Waals surface area contributed by atoms with Gasteiger partial charge < -0.3 is 29.1 Å². The summed E-state index contributed by atoms with van der Waals surface area (Å²) in [5, 5.41) is 3.80. The summed E-state index contributed by atoms with van der Waals surface area (Å²) < 4.78 is 18.7. The van der Waals surface area contributed by atoms with E-state index in [1.807, 2.05) is 25.1 Å². The van der Waals surface area contributed by atoms with Crippen LogP contribution in [-0.2, 0) is 11.3 Å². The first-order chi connectivity index (χ1) is 16.3. The first-order valence-corrected chi connectivity index (χ1v) is 11.7. The van der Waals surface area contributed by atoms with Crippen molar-refractivity contribution in [1.82, 2.24) is 14.9 Å². The van der Waals surface area contributed by atoms with Gasteiger partial charge in [0.25, 0.3) is 11.5 Å². The molecule has 1 amide bonds. The van der Waals surface area contributed by atoms with Gasteiger partial charge in [-0.25, -0.2) is 0 Å². The fourth-order valence-corrected chi connectivity index (χ4v) is 5.06. The Kier molecular flexibility index (Phi) is 6.97. The van der Waals surface area contributed by atoms with Gasteiger partial charge in [0.2, 0.25) is 0 Å². The Morgan fingerprint density at radius 1 is 1.21 bits per heavy atom. The van der Waals surface area contributed by atoms with E-state index in [1.165, 1.54) is 7.11 Å². The number of hydrogen-bond donors (Lipinski definition) is 2. The number of amides is 1. The molecule has 1 fully saturated rings. The molecule has 8 heteroatoms. The fraction of sp³-hybridized carbons (Fsp3) is 0.462. The molecule has 0 aliphatic carbocycles. The highest BCUT2D eigenvalue weighted by atomic mass is 16.5. The number of fused-ring (bicyclic) bond motifs is 1. The molecule has 4 rings (SSSR count). The SMILES string of the molecule is COc1ccc2c(C(=O)NCc3c(OC)cc(C)[nH]c3=O)c(C)n([C@@H](C)C3CCOCC3)c2c1. The largest absolute Gasteiger partial charge is 0.497 e. The number of benzene rings is 1. The predicted octanol–water partition coefficient (Wildman–Crippen LogP) is 3.88. The Labute approximate surface area is 199 Å². The lowest BCUT2D eigenvalue weighted by molar-refractivity contribution is 0.0516. The molecule has 1 atom stereocenters. The van der Waals surface area contributed by atoms with E-state index < -0.39 is 0 Å². The second-order valence-corrected chi connectivity index (χ2v) is 8.91. The van der Waals surface area contributed by atoms with Crippen molar-refractivity contribution in [1.29, 1.82) is 0 Å². The summed E-state index contributed by atoms with van der Waals surface area (Å²) in [5.41, 5.74) is 3.29. The number of rotatable bonds is 7. The molecule has 1 aliphatic heterocycles. The van der Waals surface area contributed by atoms with E-state index in [2.05, 4.69) is 21.8 Å². The van der Waals surface area contributed by atoms with Gasteiger partial charge in [0.15, 0.2) is 0 Å². The number of nitrogens with one attached hydrogen (secondary N) is 2. The second-order valence-electron chi connectivity index (χ2n) is 8.91. The van der Waals surface area contributed by atoms with Crippen LogP contribution in [0, 0.1) is 19.8 Å². The van der Waals surface area contributed by atoms with E-state index >= 15 is 0 Å². The quantitative estimate of drug-likeness (QED) is 0.550. The molecule has 0 bridgehead atoms. The maximum absolute atomic E-state index is 13.5. The van der Waals surface area contributed by atoms with Gasteiger partial charge in [0.05, 0.1) is 37.4 Å². The molecule has 0 unspecified atom stereocenters. The highest BCUT2D eigenvalue weighted by Crippen LogP contribution is 2.36. The van der Waals surface area contributed by atoms with Crippen LogP contribution in [-0.4, -0.2) is 42.9 Å². The maximum atomic E-state index is 13.5. The van der Waals surface area contributed by atoms with Gasteiger partial charge in [0.1, 0.15) is 11.5 Å². The number of pyridine rings is 1. The van der Waals surface area contributed by atoms with Crippen LogP contribution < -0.4 is 20.3 Å². The molecule has 1 saturated heterocycles. The van der Waals surface area contributed by atoms with E-state index in [4.69, 9.17) is 14.2 Å². The first kappa shape index (κ1) is 23.9. The molecule has 0 saturated carbocycles. The summed E-state index contributed by atoms with van der Waals surface area (Å²) >= 11 is 0. The minimum absolute atomic E-state index is 0.0649. The molecule has 8 nitrogen and oxygen atoms in total. The van der Waals surface area contributed by atoms with Crippen LogP contribution in [0.2, 0.25) is 0 Å². The molecule has 2 aromatic heterocycles. The Morgan fingerprint density at radius 3 is 2.62 bits per heavy atom. The van der Waals surface area contributed by atoms with Crippen molar-refractivity contribution in [2.75, 3.05) is 27.4 Å². The Hall–Kier alpha value is -3.26. The summed E-state index contributed by atoms with van der Waals surface area (Å²) in [4.78, 5) is 28.7. The molecule has 182 valence electrons. The number of carbonyl (C=O) groups excluding carboxylic acids is 1.